The lowest BCUT2D eigenvalue weighted by atomic mass is 10.1. The molecule has 0 spiro atoms. The van der Waals surface area contributed by atoms with Crippen LogP contribution in [0.1, 0.15) is 5.56 Å². The number of para-hydroxylation sites is 1. The van der Waals surface area contributed by atoms with Gasteiger partial charge in [-0.2, -0.15) is 0 Å². The number of hydrogen-bond acceptors (Lipinski definition) is 3. The third-order valence-corrected chi connectivity index (χ3v) is 3.49. The van der Waals surface area contributed by atoms with Gasteiger partial charge in [0.2, 0.25) is 0 Å². The molecule has 0 atom stereocenters. The molecule has 3 aromatic rings. The van der Waals surface area contributed by atoms with E-state index in [1.54, 1.807) is 6.20 Å². The number of nitrogens with zero attached hydrogens (tertiary/aromatic N) is 1. The van der Waals surface area contributed by atoms with E-state index in [0.29, 0.717) is 0 Å². The fourth-order valence-electron chi connectivity index (χ4n) is 2.28. The smallest absolute Gasteiger partial charge is 0.0937 e. The molecular weight excluding hydrogens is 314 g/mol. The van der Waals surface area contributed by atoms with E-state index in [4.69, 9.17) is 5.73 Å². The molecule has 3 rings (SSSR count). The molecule has 100 valence electrons. The minimum Gasteiger partial charge on any atom is -0.399 e. The van der Waals surface area contributed by atoms with E-state index in [1.165, 1.54) is 0 Å². The average Bonchev–Trinajstić information content (AvgIpc) is 2.37. The second kappa shape index (κ2) is 5.13. The molecule has 0 aliphatic carbocycles. The fraction of sp³-hybridized carbons (Fsp3) is 0.0625. The van der Waals surface area contributed by atoms with Gasteiger partial charge in [-0.15, -0.1) is 0 Å². The maximum Gasteiger partial charge on any atom is 0.0937 e. The molecule has 2 aromatic carbocycles. The van der Waals surface area contributed by atoms with Crippen molar-refractivity contribution in [3.63, 3.8) is 0 Å². The summed E-state index contributed by atoms with van der Waals surface area (Å²) in [5.74, 6) is 0. The number of rotatable bonds is 2. The molecule has 20 heavy (non-hydrogen) atoms. The van der Waals surface area contributed by atoms with Crippen LogP contribution in [-0.4, -0.2) is 4.98 Å². The summed E-state index contributed by atoms with van der Waals surface area (Å²) < 4.78 is 0.974. The molecular formula is C16H14BrN3. The number of aryl methyl sites for hydroxylation is 1. The van der Waals surface area contributed by atoms with Crippen LogP contribution < -0.4 is 11.1 Å². The molecule has 0 aliphatic rings. The van der Waals surface area contributed by atoms with Crippen LogP contribution in [0.5, 0.6) is 0 Å². The first-order valence-corrected chi connectivity index (χ1v) is 7.09. The lowest BCUT2D eigenvalue weighted by Crippen LogP contribution is -1.95. The van der Waals surface area contributed by atoms with E-state index in [0.717, 1.165) is 38.0 Å². The molecule has 0 saturated carbocycles. The lowest BCUT2D eigenvalue weighted by Gasteiger charge is -2.11. The SMILES string of the molecule is Cc1cc(N)cc(Nc2cccc3cc(Br)cnc23)c1. The van der Waals surface area contributed by atoms with Crippen molar-refractivity contribution in [2.75, 3.05) is 11.1 Å². The summed E-state index contributed by atoms with van der Waals surface area (Å²) in [7, 11) is 0. The van der Waals surface area contributed by atoms with Crippen molar-refractivity contribution in [1.29, 1.82) is 0 Å². The van der Waals surface area contributed by atoms with Gasteiger partial charge in [-0.25, -0.2) is 0 Å². The van der Waals surface area contributed by atoms with Gasteiger partial charge < -0.3 is 11.1 Å². The number of pyridine rings is 1. The van der Waals surface area contributed by atoms with Crippen LogP contribution in [-0.2, 0) is 0 Å². The Bertz CT molecular complexity index is 764. The largest absolute Gasteiger partial charge is 0.399 e. The van der Waals surface area contributed by atoms with E-state index in [2.05, 4.69) is 38.4 Å². The quantitative estimate of drug-likeness (QED) is 0.674. The number of benzene rings is 2. The van der Waals surface area contributed by atoms with E-state index in [-0.39, 0.29) is 0 Å². The molecule has 1 aromatic heterocycles. The van der Waals surface area contributed by atoms with Gasteiger partial charge in [-0.05, 0) is 58.7 Å². The normalized spacial score (nSPS) is 10.7. The van der Waals surface area contributed by atoms with Crippen molar-refractivity contribution in [1.82, 2.24) is 4.98 Å². The van der Waals surface area contributed by atoms with Crippen LogP contribution in [0.25, 0.3) is 10.9 Å². The van der Waals surface area contributed by atoms with Gasteiger partial charge >= 0.3 is 0 Å². The van der Waals surface area contributed by atoms with Crippen molar-refractivity contribution in [3.05, 3.63) is 58.7 Å². The van der Waals surface area contributed by atoms with Gasteiger partial charge in [-0.1, -0.05) is 12.1 Å². The summed E-state index contributed by atoms with van der Waals surface area (Å²) >= 11 is 3.44. The Morgan fingerprint density at radius 3 is 2.80 bits per heavy atom. The molecule has 0 amide bonds. The van der Waals surface area contributed by atoms with Crippen LogP contribution in [0.15, 0.2) is 53.1 Å². The Balaban J connectivity index is 2.06. The second-order valence-electron chi connectivity index (χ2n) is 4.79. The Labute approximate surface area is 126 Å². The van der Waals surface area contributed by atoms with Crippen LogP contribution in [0.4, 0.5) is 17.1 Å². The fourth-order valence-corrected chi connectivity index (χ4v) is 2.62. The zero-order valence-corrected chi connectivity index (χ0v) is 12.6. The van der Waals surface area contributed by atoms with Gasteiger partial charge in [0.1, 0.15) is 0 Å². The molecule has 0 fully saturated rings. The van der Waals surface area contributed by atoms with Crippen molar-refractivity contribution >= 4 is 43.9 Å². The predicted octanol–water partition coefficient (Wildman–Crippen LogP) is 4.63. The highest BCUT2D eigenvalue weighted by atomic mass is 79.9. The van der Waals surface area contributed by atoms with Crippen molar-refractivity contribution < 1.29 is 0 Å². The summed E-state index contributed by atoms with van der Waals surface area (Å²) in [6, 6.07) is 14.1. The monoisotopic (exact) mass is 327 g/mol. The van der Waals surface area contributed by atoms with E-state index >= 15 is 0 Å². The molecule has 0 radical (unpaired) electrons. The highest BCUT2D eigenvalue weighted by molar-refractivity contribution is 9.10. The molecule has 4 heteroatoms. The third-order valence-electron chi connectivity index (χ3n) is 3.06. The Hall–Kier alpha value is -2.07. The number of hydrogen-bond donors (Lipinski definition) is 2. The number of anilines is 3. The highest BCUT2D eigenvalue weighted by Gasteiger charge is 2.04. The number of nitrogens with one attached hydrogen (secondary N) is 1. The molecule has 0 aliphatic heterocycles. The number of nitrogens with two attached hydrogens (primary N) is 1. The van der Waals surface area contributed by atoms with Gasteiger partial charge in [0.15, 0.2) is 0 Å². The number of halogens is 1. The van der Waals surface area contributed by atoms with Crippen LogP contribution in [0.2, 0.25) is 0 Å². The number of nitrogen functional groups attached to an aromatic ring is 1. The number of aromatic nitrogens is 1. The zero-order valence-electron chi connectivity index (χ0n) is 11.0. The van der Waals surface area contributed by atoms with Crippen molar-refractivity contribution in [2.45, 2.75) is 6.92 Å². The van der Waals surface area contributed by atoms with Gasteiger partial charge in [-0.3, -0.25) is 4.98 Å². The topological polar surface area (TPSA) is 50.9 Å². The van der Waals surface area contributed by atoms with Gasteiger partial charge in [0, 0.05) is 27.4 Å². The maximum atomic E-state index is 5.88. The minimum atomic E-state index is 0.753. The Morgan fingerprint density at radius 2 is 2.00 bits per heavy atom. The predicted molar refractivity (Wildman–Crippen MR) is 88.3 cm³/mol. The summed E-state index contributed by atoms with van der Waals surface area (Å²) in [5.41, 5.74) is 10.6. The van der Waals surface area contributed by atoms with Crippen LogP contribution in [0, 0.1) is 6.92 Å². The molecule has 0 unspecified atom stereocenters. The van der Waals surface area contributed by atoms with Crippen molar-refractivity contribution in [3.8, 4) is 0 Å². The average molecular weight is 328 g/mol. The van der Waals surface area contributed by atoms with E-state index < -0.39 is 0 Å². The standard InChI is InChI=1S/C16H14BrN3/c1-10-5-13(18)8-14(6-10)20-15-4-2-3-11-7-12(17)9-19-16(11)15/h2-9,20H,18H2,1H3. The second-order valence-corrected chi connectivity index (χ2v) is 5.70. The summed E-state index contributed by atoms with van der Waals surface area (Å²) in [4.78, 5) is 4.48. The first kappa shape index (κ1) is 12.9. The van der Waals surface area contributed by atoms with Crippen molar-refractivity contribution in [2.24, 2.45) is 0 Å². The summed E-state index contributed by atoms with van der Waals surface area (Å²) in [6.45, 7) is 2.03. The molecule has 0 bridgehead atoms. The Kier molecular flexibility index (Phi) is 3.32. The molecule has 0 saturated heterocycles. The Morgan fingerprint density at radius 1 is 1.15 bits per heavy atom. The van der Waals surface area contributed by atoms with Crippen LogP contribution in [0.3, 0.4) is 0 Å². The molecule has 3 N–H and O–H groups in total. The summed E-state index contributed by atoms with van der Waals surface area (Å²) in [5, 5.41) is 4.48. The summed E-state index contributed by atoms with van der Waals surface area (Å²) in [6.07, 6.45) is 1.80. The lowest BCUT2D eigenvalue weighted by molar-refractivity contribution is 1.38. The van der Waals surface area contributed by atoms with E-state index in [1.807, 2.05) is 37.3 Å². The highest BCUT2D eigenvalue weighted by Crippen LogP contribution is 2.27. The van der Waals surface area contributed by atoms with Gasteiger partial charge in [0.25, 0.3) is 0 Å². The number of fused-ring (bicyclic) bond motifs is 1. The maximum absolute atomic E-state index is 5.88. The molecule has 1 heterocycles. The zero-order chi connectivity index (χ0) is 14.1. The van der Waals surface area contributed by atoms with Gasteiger partial charge in [0.05, 0.1) is 11.2 Å². The first-order valence-electron chi connectivity index (χ1n) is 6.30. The van der Waals surface area contributed by atoms with Crippen LogP contribution >= 0.6 is 15.9 Å². The molecule has 3 nitrogen and oxygen atoms in total. The first-order chi connectivity index (χ1) is 9.61. The minimum absolute atomic E-state index is 0.753. The van der Waals surface area contributed by atoms with E-state index in [9.17, 15) is 0 Å². The third kappa shape index (κ3) is 2.60.